The highest BCUT2D eigenvalue weighted by Gasteiger charge is 2.18. The SMILES string of the molecule is C=S(=O)(NC(=O)Nc1cc(F)c(-n2ccc3cc(NC)ccc3c2=O)c(Cl)c1)c1ccc(Cl)s1. The number of halogens is 3. The third kappa shape index (κ3) is 4.76. The minimum atomic E-state index is -3.17. The molecule has 0 saturated heterocycles. The molecule has 0 aliphatic heterocycles. The van der Waals surface area contributed by atoms with E-state index in [1.54, 1.807) is 31.3 Å². The van der Waals surface area contributed by atoms with E-state index in [0.29, 0.717) is 15.1 Å². The number of hydrogen-bond donors (Lipinski definition) is 3. The van der Waals surface area contributed by atoms with Crippen molar-refractivity contribution >= 4 is 78.3 Å². The average Bonchev–Trinajstić information content (AvgIpc) is 3.21. The van der Waals surface area contributed by atoms with Gasteiger partial charge < -0.3 is 10.6 Å². The highest BCUT2D eigenvalue weighted by Crippen LogP contribution is 2.29. The molecule has 0 bridgehead atoms. The van der Waals surface area contributed by atoms with Crippen LogP contribution in [-0.2, 0) is 9.71 Å². The molecule has 4 rings (SSSR count). The van der Waals surface area contributed by atoms with Gasteiger partial charge in [-0.2, -0.15) is 0 Å². The summed E-state index contributed by atoms with van der Waals surface area (Å²) in [5, 5.41) is 6.33. The third-order valence-corrected chi connectivity index (χ3v) is 8.51. The first-order valence-electron chi connectivity index (χ1n) is 9.63. The Bertz CT molecular complexity index is 1580. The lowest BCUT2D eigenvalue weighted by Crippen LogP contribution is -2.33. The Labute approximate surface area is 208 Å². The maximum absolute atomic E-state index is 15.0. The maximum atomic E-state index is 15.0. The molecule has 0 aliphatic carbocycles. The number of amides is 2. The topological polar surface area (TPSA) is 92.2 Å². The number of thiophene rings is 1. The first-order chi connectivity index (χ1) is 16.1. The Balaban J connectivity index is 1.62. The number of nitrogens with one attached hydrogen (secondary N) is 3. The van der Waals surface area contributed by atoms with Crippen LogP contribution < -0.4 is 20.9 Å². The summed E-state index contributed by atoms with van der Waals surface area (Å²) < 4.78 is 31.8. The van der Waals surface area contributed by atoms with Gasteiger partial charge >= 0.3 is 6.03 Å². The Kier molecular flexibility index (Phi) is 6.59. The van der Waals surface area contributed by atoms with Crippen LogP contribution in [0.2, 0.25) is 9.36 Å². The number of nitrogens with zero attached hydrogens (tertiary/aromatic N) is 1. The quantitative estimate of drug-likeness (QED) is 0.298. The zero-order valence-electron chi connectivity index (χ0n) is 17.5. The van der Waals surface area contributed by atoms with Crippen LogP contribution in [0.1, 0.15) is 0 Å². The van der Waals surface area contributed by atoms with Crippen molar-refractivity contribution in [2.75, 3.05) is 17.7 Å². The van der Waals surface area contributed by atoms with Crippen LogP contribution in [0, 0.1) is 5.82 Å². The molecule has 0 spiro atoms. The molecule has 2 heterocycles. The normalized spacial score (nSPS) is 12.8. The van der Waals surface area contributed by atoms with Crippen LogP contribution in [-0.4, -0.2) is 27.7 Å². The van der Waals surface area contributed by atoms with Crippen molar-refractivity contribution in [2.24, 2.45) is 0 Å². The van der Waals surface area contributed by atoms with Crippen molar-refractivity contribution in [1.29, 1.82) is 0 Å². The second-order valence-corrected chi connectivity index (χ2v) is 11.5. The van der Waals surface area contributed by atoms with E-state index >= 15 is 4.39 Å². The highest BCUT2D eigenvalue weighted by molar-refractivity contribution is 8.00. The fraction of sp³-hybridized carbons (Fsp3) is 0.0455. The van der Waals surface area contributed by atoms with E-state index < -0.39 is 27.1 Å². The monoisotopic (exact) mass is 538 g/mol. The van der Waals surface area contributed by atoms with Gasteiger partial charge in [0.2, 0.25) is 0 Å². The van der Waals surface area contributed by atoms with Crippen molar-refractivity contribution in [2.45, 2.75) is 4.21 Å². The minimum Gasteiger partial charge on any atom is -0.388 e. The molecule has 4 aromatic rings. The number of urea groups is 1. The van der Waals surface area contributed by atoms with E-state index in [4.69, 9.17) is 23.2 Å². The predicted octanol–water partition coefficient (Wildman–Crippen LogP) is 5.35. The number of anilines is 2. The van der Waals surface area contributed by atoms with Gasteiger partial charge in [0.15, 0.2) is 5.82 Å². The van der Waals surface area contributed by atoms with E-state index in [0.717, 1.165) is 27.7 Å². The number of rotatable bonds is 5. The number of carbonyl (C=O) groups is 1. The fourth-order valence-electron chi connectivity index (χ4n) is 3.28. The molecule has 0 saturated carbocycles. The molecular formula is C22H17Cl2FN4O3S2. The van der Waals surface area contributed by atoms with Crippen molar-refractivity contribution in [3.05, 3.63) is 80.3 Å². The van der Waals surface area contributed by atoms with E-state index in [1.807, 2.05) is 0 Å². The molecule has 3 N–H and O–H groups in total. The highest BCUT2D eigenvalue weighted by atomic mass is 35.5. The lowest BCUT2D eigenvalue weighted by molar-refractivity contribution is 0.257. The summed E-state index contributed by atoms with van der Waals surface area (Å²) in [5.74, 6) is 2.70. The van der Waals surface area contributed by atoms with E-state index in [1.165, 1.54) is 24.4 Å². The first kappa shape index (κ1) is 24.1. The zero-order chi connectivity index (χ0) is 24.6. The lowest BCUT2D eigenvalue weighted by atomic mass is 10.1. The van der Waals surface area contributed by atoms with Crippen molar-refractivity contribution < 1.29 is 13.4 Å². The average molecular weight is 539 g/mol. The number of hydrogen-bond acceptors (Lipinski definition) is 5. The Morgan fingerprint density at radius 1 is 1.12 bits per heavy atom. The summed E-state index contributed by atoms with van der Waals surface area (Å²) in [5.41, 5.74) is 0.212. The molecule has 1 atom stereocenters. The Morgan fingerprint density at radius 3 is 2.53 bits per heavy atom. The predicted molar refractivity (Wildman–Crippen MR) is 139 cm³/mol. The minimum absolute atomic E-state index is 0.00402. The standard InChI is InChI=1S/C22H17Cl2FN4O3S2/c1-26-13-3-4-15-12(9-13)7-8-29(21(15)30)20-16(23)10-14(11-17(20)25)27-22(31)28-34(2,32)19-6-5-18(24)33-19/h3-11,26H,2H2,1H3,(H2,27,28,31,32). The first-order valence-corrected chi connectivity index (χ1v) is 12.9. The van der Waals surface area contributed by atoms with Crippen molar-refractivity contribution in [3.63, 3.8) is 0 Å². The number of aromatic nitrogens is 1. The molecule has 2 aromatic carbocycles. The number of pyridine rings is 1. The van der Waals surface area contributed by atoms with Crippen LogP contribution in [0.5, 0.6) is 0 Å². The number of carbonyl (C=O) groups excluding carboxylic acids is 1. The van der Waals surface area contributed by atoms with E-state index in [-0.39, 0.29) is 20.6 Å². The smallest absolute Gasteiger partial charge is 0.330 e. The summed E-state index contributed by atoms with van der Waals surface area (Å²) in [7, 11) is -1.40. The van der Waals surface area contributed by atoms with Gasteiger partial charge in [0.25, 0.3) is 5.56 Å². The van der Waals surface area contributed by atoms with Crippen LogP contribution in [0.15, 0.2) is 63.7 Å². The van der Waals surface area contributed by atoms with Crippen molar-refractivity contribution in [3.8, 4) is 5.69 Å². The molecular weight excluding hydrogens is 522 g/mol. The molecule has 7 nitrogen and oxygen atoms in total. The van der Waals surface area contributed by atoms with Gasteiger partial charge in [0.1, 0.15) is 9.90 Å². The van der Waals surface area contributed by atoms with Gasteiger partial charge in [-0.1, -0.05) is 23.2 Å². The van der Waals surface area contributed by atoms with E-state index in [9.17, 15) is 13.8 Å². The molecule has 34 heavy (non-hydrogen) atoms. The molecule has 2 aromatic heterocycles. The van der Waals surface area contributed by atoms with Gasteiger partial charge in [-0.15, -0.1) is 11.3 Å². The summed E-state index contributed by atoms with van der Waals surface area (Å²) >= 11 is 13.2. The van der Waals surface area contributed by atoms with E-state index in [2.05, 4.69) is 21.2 Å². The maximum Gasteiger partial charge on any atom is 0.330 e. The van der Waals surface area contributed by atoms with Gasteiger partial charge in [0, 0.05) is 30.0 Å². The molecule has 12 heteroatoms. The Hall–Kier alpha value is -3.05. The second-order valence-electron chi connectivity index (χ2n) is 7.12. The van der Waals surface area contributed by atoms with Gasteiger partial charge in [-0.3, -0.25) is 14.1 Å². The molecule has 2 amide bonds. The van der Waals surface area contributed by atoms with Crippen LogP contribution >= 0.6 is 34.5 Å². The van der Waals surface area contributed by atoms with Crippen LogP contribution in [0.25, 0.3) is 16.5 Å². The summed E-state index contributed by atoms with van der Waals surface area (Å²) in [6, 6.07) is 11.3. The number of benzene rings is 2. The van der Waals surface area contributed by atoms with Gasteiger partial charge in [-0.25, -0.2) is 13.4 Å². The third-order valence-electron chi connectivity index (χ3n) is 4.84. The molecule has 0 radical (unpaired) electrons. The van der Waals surface area contributed by atoms with Crippen LogP contribution in [0.4, 0.5) is 20.6 Å². The van der Waals surface area contributed by atoms with Crippen molar-refractivity contribution in [1.82, 2.24) is 9.29 Å². The molecule has 176 valence electrons. The second kappa shape index (κ2) is 9.30. The van der Waals surface area contributed by atoms with Gasteiger partial charge in [-0.05, 0) is 59.8 Å². The summed E-state index contributed by atoms with van der Waals surface area (Å²) in [6.45, 7) is 0. The summed E-state index contributed by atoms with van der Waals surface area (Å²) in [4.78, 5) is 25.3. The molecule has 0 aliphatic rings. The zero-order valence-corrected chi connectivity index (χ0v) is 20.7. The van der Waals surface area contributed by atoms with Crippen LogP contribution in [0.3, 0.4) is 0 Å². The summed E-state index contributed by atoms with van der Waals surface area (Å²) in [6.07, 6.45) is 1.43. The molecule has 1 unspecified atom stereocenters. The molecule has 0 fully saturated rings. The number of fused-ring (bicyclic) bond motifs is 1. The van der Waals surface area contributed by atoms with Gasteiger partial charge in [0.05, 0.1) is 19.1 Å². The lowest BCUT2D eigenvalue weighted by Gasteiger charge is -2.14. The Morgan fingerprint density at radius 2 is 1.88 bits per heavy atom. The largest absolute Gasteiger partial charge is 0.388 e. The fourth-order valence-corrected chi connectivity index (χ4v) is 6.16.